The molecule has 4 heteroatoms. The molecule has 0 bridgehead atoms. The molecule has 0 saturated heterocycles. The maximum atomic E-state index is 6.14. The summed E-state index contributed by atoms with van der Waals surface area (Å²) in [6.45, 7) is 6.46. The fourth-order valence-corrected chi connectivity index (χ4v) is 3.99. The fraction of sp³-hybridized carbons (Fsp3) is 0.333. The van der Waals surface area contributed by atoms with Gasteiger partial charge in [-0.2, -0.15) is 0 Å². The van der Waals surface area contributed by atoms with Gasteiger partial charge in [0.15, 0.2) is 0 Å². The summed E-state index contributed by atoms with van der Waals surface area (Å²) in [6.07, 6.45) is 1.77. The van der Waals surface area contributed by atoms with Crippen molar-refractivity contribution in [2.45, 2.75) is 32.6 Å². The second-order valence-corrected chi connectivity index (χ2v) is 7.15. The molecule has 1 unspecified atom stereocenters. The van der Waals surface area contributed by atoms with Gasteiger partial charge in [0.05, 0.1) is 12.6 Å². The molecule has 1 N–H and O–H groups in total. The summed E-state index contributed by atoms with van der Waals surface area (Å²) >= 11 is 0. The SMILES string of the molecule is COc1cc2c(c3c1-c1ccccc1OC3OC)C(C)=CC(C)(C)N2. The van der Waals surface area contributed by atoms with E-state index in [1.54, 1.807) is 14.2 Å². The van der Waals surface area contributed by atoms with Gasteiger partial charge in [-0.3, -0.25) is 0 Å². The number of ether oxygens (including phenoxy) is 3. The third-order valence-electron chi connectivity index (χ3n) is 4.82. The molecular formula is C21H23NO3. The van der Waals surface area contributed by atoms with Gasteiger partial charge in [-0.25, -0.2) is 0 Å². The first kappa shape index (κ1) is 16.0. The van der Waals surface area contributed by atoms with Crippen molar-refractivity contribution in [2.24, 2.45) is 0 Å². The van der Waals surface area contributed by atoms with Gasteiger partial charge in [0, 0.05) is 41.1 Å². The molecule has 0 amide bonds. The van der Waals surface area contributed by atoms with E-state index in [1.165, 1.54) is 5.57 Å². The lowest BCUT2D eigenvalue weighted by molar-refractivity contribution is -0.0580. The average Bonchev–Trinajstić information content (AvgIpc) is 2.58. The Bertz CT molecular complexity index is 883. The third-order valence-corrected chi connectivity index (χ3v) is 4.82. The van der Waals surface area contributed by atoms with Gasteiger partial charge in [0.2, 0.25) is 6.29 Å². The molecule has 0 spiro atoms. The van der Waals surface area contributed by atoms with Crippen molar-refractivity contribution in [3.05, 3.63) is 47.5 Å². The minimum Gasteiger partial charge on any atom is -0.496 e. The summed E-state index contributed by atoms with van der Waals surface area (Å²) in [5.41, 5.74) is 6.37. The van der Waals surface area contributed by atoms with Gasteiger partial charge in [0.1, 0.15) is 11.5 Å². The lowest BCUT2D eigenvalue weighted by Gasteiger charge is -2.37. The van der Waals surface area contributed by atoms with Gasteiger partial charge < -0.3 is 19.5 Å². The smallest absolute Gasteiger partial charge is 0.227 e. The van der Waals surface area contributed by atoms with E-state index in [0.717, 1.165) is 39.4 Å². The molecule has 2 heterocycles. The van der Waals surface area contributed by atoms with E-state index in [0.29, 0.717) is 0 Å². The molecule has 0 aromatic heterocycles. The molecule has 130 valence electrons. The minimum atomic E-state index is -0.472. The quantitative estimate of drug-likeness (QED) is 0.836. The second-order valence-electron chi connectivity index (χ2n) is 7.15. The topological polar surface area (TPSA) is 39.7 Å². The molecule has 2 aliphatic rings. The first-order valence-electron chi connectivity index (χ1n) is 8.47. The average molecular weight is 337 g/mol. The van der Waals surface area contributed by atoms with Crippen LogP contribution in [0.3, 0.4) is 0 Å². The van der Waals surface area contributed by atoms with E-state index in [9.17, 15) is 0 Å². The van der Waals surface area contributed by atoms with Crippen molar-refractivity contribution >= 4 is 11.3 Å². The highest BCUT2D eigenvalue weighted by Crippen LogP contribution is 2.53. The minimum absolute atomic E-state index is 0.119. The van der Waals surface area contributed by atoms with Crippen molar-refractivity contribution in [3.8, 4) is 22.6 Å². The van der Waals surface area contributed by atoms with Crippen molar-refractivity contribution in [1.29, 1.82) is 0 Å². The zero-order valence-corrected chi connectivity index (χ0v) is 15.3. The molecule has 1 atom stereocenters. The lowest BCUT2D eigenvalue weighted by Crippen LogP contribution is -2.32. The summed E-state index contributed by atoms with van der Waals surface area (Å²) in [5, 5.41) is 3.59. The molecule has 0 fully saturated rings. The van der Waals surface area contributed by atoms with E-state index in [4.69, 9.17) is 14.2 Å². The third kappa shape index (κ3) is 2.40. The monoisotopic (exact) mass is 337 g/mol. The van der Waals surface area contributed by atoms with Crippen LogP contribution in [0.2, 0.25) is 0 Å². The Morgan fingerprint density at radius 3 is 2.60 bits per heavy atom. The van der Waals surface area contributed by atoms with Crippen molar-refractivity contribution in [1.82, 2.24) is 0 Å². The summed E-state index contributed by atoms with van der Waals surface area (Å²) in [6, 6.07) is 10.1. The molecule has 4 rings (SSSR count). The molecule has 2 aromatic rings. The van der Waals surface area contributed by atoms with E-state index < -0.39 is 6.29 Å². The predicted octanol–water partition coefficient (Wildman–Crippen LogP) is 5.01. The van der Waals surface area contributed by atoms with Crippen LogP contribution < -0.4 is 14.8 Å². The number of rotatable bonds is 2. The highest BCUT2D eigenvalue weighted by atomic mass is 16.7. The summed E-state index contributed by atoms with van der Waals surface area (Å²) in [5.74, 6) is 1.63. The molecule has 0 aliphatic carbocycles. The molecule has 4 nitrogen and oxygen atoms in total. The summed E-state index contributed by atoms with van der Waals surface area (Å²) in [7, 11) is 3.38. The number of fused-ring (bicyclic) bond motifs is 5. The normalized spacial score (nSPS) is 19.6. The Hall–Kier alpha value is -2.46. The van der Waals surface area contributed by atoms with Gasteiger partial charge in [0.25, 0.3) is 0 Å². The summed E-state index contributed by atoms with van der Waals surface area (Å²) < 4.78 is 17.6. The highest BCUT2D eigenvalue weighted by Gasteiger charge is 2.36. The first-order valence-corrected chi connectivity index (χ1v) is 8.47. The Kier molecular flexibility index (Phi) is 3.55. The highest BCUT2D eigenvalue weighted by molar-refractivity contribution is 5.92. The Labute approximate surface area is 148 Å². The molecule has 2 aliphatic heterocycles. The first-order chi connectivity index (χ1) is 11.9. The number of hydrogen-bond donors (Lipinski definition) is 1. The van der Waals surface area contributed by atoms with Crippen LogP contribution in [0.15, 0.2) is 36.4 Å². The standard InChI is InChI=1S/C21H23NO3/c1-12-11-21(2,3)22-14-10-16(23-4)18-13-8-6-7-9-15(13)25-20(24-5)19(18)17(12)14/h6-11,20,22H,1-5H3. The molecule has 2 aromatic carbocycles. The zero-order valence-electron chi connectivity index (χ0n) is 15.3. The number of anilines is 1. The van der Waals surface area contributed by atoms with Crippen LogP contribution in [-0.2, 0) is 4.74 Å². The predicted molar refractivity (Wildman–Crippen MR) is 100 cm³/mol. The van der Waals surface area contributed by atoms with Crippen LogP contribution in [-0.4, -0.2) is 19.8 Å². The molecular weight excluding hydrogens is 314 g/mol. The van der Waals surface area contributed by atoms with Gasteiger partial charge in [-0.15, -0.1) is 0 Å². The number of nitrogens with one attached hydrogen (secondary N) is 1. The van der Waals surface area contributed by atoms with Gasteiger partial charge in [-0.05, 0) is 32.4 Å². The number of methoxy groups -OCH3 is 2. The number of para-hydroxylation sites is 1. The fourth-order valence-electron chi connectivity index (χ4n) is 3.99. The molecule has 0 saturated carbocycles. The van der Waals surface area contributed by atoms with Crippen LogP contribution in [0.25, 0.3) is 16.7 Å². The maximum Gasteiger partial charge on any atom is 0.227 e. The zero-order chi connectivity index (χ0) is 17.8. The van der Waals surface area contributed by atoms with Gasteiger partial charge >= 0.3 is 0 Å². The van der Waals surface area contributed by atoms with Crippen molar-refractivity contribution < 1.29 is 14.2 Å². The van der Waals surface area contributed by atoms with Crippen LogP contribution >= 0.6 is 0 Å². The number of hydrogen-bond acceptors (Lipinski definition) is 4. The van der Waals surface area contributed by atoms with Crippen molar-refractivity contribution in [3.63, 3.8) is 0 Å². The maximum absolute atomic E-state index is 6.14. The van der Waals surface area contributed by atoms with Crippen molar-refractivity contribution in [2.75, 3.05) is 19.5 Å². The number of benzene rings is 2. The lowest BCUT2D eigenvalue weighted by atomic mass is 9.83. The van der Waals surface area contributed by atoms with E-state index in [1.807, 2.05) is 18.2 Å². The Balaban J connectivity index is 2.08. The molecule has 25 heavy (non-hydrogen) atoms. The number of allylic oxidation sites excluding steroid dienone is 1. The van der Waals surface area contributed by atoms with Crippen LogP contribution in [0.1, 0.15) is 38.2 Å². The second kappa shape index (κ2) is 5.53. The Morgan fingerprint density at radius 1 is 1.12 bits per heavy atom. The van der Waals surface area contributed by atoms with E-state index in [-0.39, 0.29) is 5.54 Å². The van der Waals surface area contributed by atoms with Crippen LogP contribution in [0, 0.1) is 0 Å². The van der Waals surface area contributed by atoms with Gasteiger partial charge in [-0.1, -0.05) is 24.3 Å². The largest absolute Gasteiger partial charge is 0.496 e. The van der Waals surface area contributed by atoms with E-state index in [2.05, 4.69) is 44.3 Å². The van der Waals surface area contributed by atoms with Crippen LogP contribution in [0.5, 0.6) is 11.5 Å². The van der Waals surface area contributed by atoms with Crippen LogP contribution in [0.4, 0.5) is 5.69 Å². The van der Waals surface area contributed by atoms with E-state index >= 15 is 0 Å². The molecule has 0 radical (unpaired) electrons. The Morgan fingerprint density at radius 2 is 1.88 bits per heavy atom. The summed E-state index contributed by atoms with van der Waals surface area (Å²) in [4.78, 5) is 0.